The van der Waals surface area contributed by atoms with Gasteiger partial charge in [-0.05, 0) is 43.2 Å². The summed E-state index contributed by atoms with van der Waals surface area (Å²) in [5.74, 6) is -0.193. The van der Waals surface area contributed by atoms with Crippen molar-refractivity contribution in [2.45, 2.75) is 25.4 Å². The van der Waals surface area contributed by atoms with E-state index >= 15 is 0 Å². The van der Waals surface area contributed by atoms with Crippen molar-refractivity contribution >= 4 is 56.0 Å². The number of benzene rings is 3. The summed E-state index contributed by atoms with van der Waals surface area (Å²) in [7, 11) is 0. The highest BCUT2D eigenvalue weighted by molar-refractivity contribution is 7.21. The third kappa shape index (κ3) is 3.83. The molecule has 0 saturated heterocycles. The third-order valence-electron chi connectivity index (χ3n) is 5.94. The molecule has 2 atom stereocenters. The molecule has 3 aromatic carbocycles. The normalized spacial score (nSPS) is 17.6. The van der Waals surface area contributed by atoms with Gasteiger partial charge in [0.25, 0.3) is 11.6 Å². The molecule has 0 bridgehead atoms. The van der Waals surface area contributed by atoms with Crippen molar-refractivity contribution in [2.75, 3.05) is 10.2 Å². The molecule has 2 heterocycles. The van der Waals surface area contributed by atoms with Crippen molar-refractivity contribution in [2.24, 2.45) is 0 Å². The number of carbonyl (C=O) groups is 1. The Morgan fingerprint density at radius 2 is 1.85 bits per heavy atom. The van der Waals surface area contributed by atoms with Crippen molar-refractivity contribution in [3.05, 3.63) is 98.4 Å². The van der Waals surface area contributed by atoms with Gasteiger partial charge < -0.3 is 10.2 Å². The molecule has 0 saturated carbocycles. The van der Waals surface area contributed by atoms with E-state index in [0.717, 1.165) is 23.4 Å². The second kappa shape index (κ2) is 8.50. The van der Waals surface area contributed by atoms with Gasteiger partial charge in [0.05, 0.1) is 16.0 Å². The molecule has 0 aliphatic carbocycles. The lowest BCUT2D eigenvalue weighted by atomic mass is 9.91. The highest BCUT2D eigenvalue weighted by Gasteiger charge is 2.35. The summed E-state index contributed by atoms with van der Waals surface area (Å²) in [6.45, 7) is 2.03. The number of nitrogens with one attached hydrogen (secondary N) is 1. The lowest BCUT2D eigenvalue weighted by Crippen LogP contribution is -2.44. The molecule has 4 aromatic rings. The van der Waals surface area contributed by atoms with Crippen LogP contribution < -0.4 is 10.2 Å². The lowest BCUT2D eigenvalue weighted by molar-refractivity contribution is -0.384. The fourth-order valence-electron chi connectivity index (χ4n) is 4.41. The Kier molecular flexibility index (Phi) is 5.52. The van der Waals surface area contributed by atoms with Gasteiger partial charge in [0, 0.05) is 39.6 Å². The van der Waals surface area contributed by atoms with E-state index in [1.54, 1.807) is 11.0 Å². The molecule has 0 spiro atoms. The minimum absolute atomic E-state index is 0.0223. The molecular formula is C25H20ClN3O3S. The number of nitrogens with zero attached hydrogens (tertiary/aromatic N) is 2. The van der Waals surface area contributed by atoms with Gasteiger partial charge in [0.1, 0.15) is 4.88 Å². The summed E-state index contributed by atoms with van der Waals surface area (Å²) < 4.78 is 0.624. The monoisotopic (exact) mass is 477 g/mol. The minimum Gasteiger partial charge on any atom is -0.378 e. The number of hydrogen-bond donors (Lipinski definition) is 1. The Balaban J connectivity index is 1.53. The highest BCUT2D eigenvalue weighted by atomic mass is 35.5. The van der Waals surface area contributed by atoms with Crippen LogP contribution in [-0.2, 0) is 0 Å². The Morgan fingerprint density at radius 3 is 2.61 bits per heavy atom. The number of fused-ring (bicyclic) bond motifs is 2. The summed E-state index contributed by atoms with van der Waals surface area (Å²) in [6.07, 6.45) is 0.728. The number of nitro benzene ring substituents is 1. The van der Waals surface area contributed by atoms with Gasteiger partial charge in [-0.1, -0.05) is 48.0 Å². The summed E-state index contributed by atoms with van der Waals surface area (Å²) in [4.78, 5) is 26.6. The van der Waals surface area contributed by atoms with E-state index in [2.05, 4.69) is 5.32 Å². The highest BCUT2D eigenvalue weighted by Crippen LogP contribution is 2.43. The van der Waals surface area contributed by atoms with Crippen LogP contribution in [0.5, 0.6) is 0 Å². The first-order valence-corrected chi connectivity index (χ1v) is 11.7. The fourth-order valence-corrected chi connectivity index (χ4v) is 5.89. The standard InChI is InChI=1S/C25H20ClN3O3S/c1-15-13-20(27-16-7-3-2-4-8-16)18-9-5-6-10-21(18)28(15)25(30)24-23(26)19-12-11-17(29(31)32)14-22(19)33-24/h2-12,14-15,20,27H,13H2,1H3/t15-,20-/m0/s1. The number of thiophene rings is 1. The fraction of sp³-hybridized carbons (Fsp3) is 0.160. The van der Waals surface area contributed by atoms with Crippen molar-refractivity contribution < 1.29 is 9.72 Å². The second-order valence-electron chi connectivity index (χ2n) is 8.06. The number of non-ortho nitro benzene ring substituents is 1. The molecule has 1 aliphatic rings. The van der Waals surface area contributed by atoms with E-state index in [9.17, 15) is 14.9 Å². The average molecular weight is 478 g/mol. The van der Waals surface area contributed by atoms with Crippen LogP contribution in [0.25, 0.3) is 10.1 Å². The Bertz CT molecular complexity index is 1370. The maximum Gasteiger partial charge on any atom is 0.270 e. The smallest absolute Gasteiger partial charge is 0.270 e. The molecule has 1 aromatic heterocycles. The molecule has 33 heavy (non-hydrogen) atoms. The molecule has 166 valence electrons. The first-order valence-electron chi connectivity index (χ1n) is 10.5. The number of halogens is 1. The molecule has 0 radical (unpaired) electrons. The predicted molar refractivity (Wildman–Crippen MR) is 134 cm³/mol. The van der Waals surface area contributed by atoms with Gasteiger partial charge in [-0.25, -0.2) is 0 Å². The maximum atomic E-state index is 13.7. The lowest BCUT2D eigenvalue weighted by Gasteiger charge is -2.39. The minimum atomic E-state index is -0.447. The van der Waals surface area contributed by atoms with Crippen molar-refractivity contribution in [3.8, 4) is 0 Å². The first-order chi connectivity index (χ1) is 15.9. The zero-order valence-corrected chi connectivity index (χ0v) is 19.3. The topological polar surface area (TPSA) is 75.5 Å². The van der Waals surface area contributed by atoms with Gasteiger partial charge in [-0.3, -0.25) is 14.9 Å². The predicted octanol–water partition coefficient (Wildman–Crippen LogP) is 7.06. The van der Waals surface area contributed by atoms with Crippen LogP contribution >= 0.6 is 22.9 Å². The molecule has 5 rings (SSSR count). The summed E-state index contributed by atoms with van der Waals surface area (Å²) in [5, 5.41) is 15.7. The number of anilines is 2. The molecule has 0 fully saturated rings. The van der Waals surface area contributed by atoms with E-state index in [4.69, 9.17) is 11.6 Å². The van der Waals surface area contributed by atoms with Crippen LogP contribution in [0.15, 0.2) is 72.8 Å². The van der Waals surface area contributed by atoms with Crippen LogP contribution in [0, 0.1) is 10.1 Å². The number of amides is 1. The van der Waals surface area contributed by atoms with Crippen LogP contribution in [0.3, 0.4) is 0 Å². The largest absolute Gasteiger partial charge is 0.378 e. The van der Waals surface area contributed by atoms with Gasteiger partial charge >= 0.3 is 0 Å². The molecule has 8 heteroatoms. The maximum absolute atomic E-state index is 13.7. The van der Waals surface area contributed by atoms with Gasteiger partial charge in [0.15, 0.2) is 0 Å². The summed E-state index contributed by atoms with van der Waals surface area (Å²) in [5.41, 5.74) is 2.89. The molecule has 0 unspecified atom stereocenters. The SMILES string of the molecule is C[C@H]1C[C@H](Nc2ccccc2)c2ccccc2N1C(=O)c1sc2cc([N+](=O)[O-])ccc2c1Cl. The van der Waals surface area contributed by atoms with Crippen LogP contribution in [0.1, 0.15) is 34.6 Å². The quantitative estimate of drug-likeness (QED) is 0.252. The molecule has 6 nitrogen and oxygen atoms in total. The zero-order chi connectivity index (χ0) is 23.1. The zero-order valence-electron chi connectivity index (χ0n) is 17.7. The van der Waals surface area contributed by atoms with Crippen molar-refractivity contribution in [1.82, 2.24) is 0 Å². The second-order valence-corrected chi connectivity index (χ2v) is 9.49. The number of para-hydroxylation sites is 2. The number of rotatable bonds is 4. The van der Waals surface area contributed by atoms with Gasteiger partial charge in [-0.2, -0.15) is 0 Å². The van der Waals surface area contributed by atoms with E-state index in [1.807, 2.05) is 61.5 Å². The molecule has 1 aliphatic heterocycles. The van der Waals surface area contributed by atoms with Crippen molar-refractivity contribution in [3.63, 3.8) is 0 Å². The number of hydrogen-bond acceptors (Lipinski definition) is 5. The summed E-state index contributed by atoms with van der Waals surface area (Å²) >= 11 is 7.79. The summed E-state index contributed by atoms with van der Waals surface area (Å²) in [6, 6.07) is 22.4. The first kappa shape index (κ1) is 21.4. The molecule has 1 amide bonds. The van der Waals surface area contributed by atoms with Gasteiger partial charge in [-0.15, -0.1) is 11.3 Å². The number of carbonyl (C=O) groups excluding carboxylic acids is 1. The van der Waals surface area contributed by atoms with Crippen LogP contribution in [0.2, 0.25) is 5.02 Å². The van der Waals surface area contributed by atoms with Gasteiger partial charge in [0.2, 0.25) is 0 Å². The Hall–Kier alpha value is -3.42. The van der Waals surface area contributed by atoms with E-state index < -0.39 is 4.92 Å². The van der Waals surface area contributed by atoms with E-state index in [-0.39, 0.29) is 23.7 Å². The Labute approximate surface area is 199 Å². The van der Waals surface area contributed by atoms with Crippen LogP contribution in [0.4, 0.5) is 17.1 Å². The average Bonchev–Trinajstić information content (AvgIpc) is 3.15. The Morgan fingerprint density at radius 1 is 1.12 bits per heavy atom. The molecular weight excluding hydrogens is 458 g/mol. The van der Waals surface area contributed by atoms with Crippen LogP contribution in [-0.4, -0.2) is 16.9 Å². The third-order valence-corrected chi connectivity index (χ3v) is 7.59. The van der Waals surface area contributed by atoms with Crippen molar-refractivity contribution in [1.29, 1.82) is 0 Å². The molecule has 1 N–H and O–H groups in total. The number of nitro groups is 1. The van der Waals surface area contributed by atoms with E-state index in [0.29, 0.717) is 20.0 Å². The van der Waals surface area contributed by atoms with E-state index in [1.165, 1.54) is 23.5 Å².